The number of fused-ring (bicyclic) bond motifs is 1. The maximum atomic E-state index is 13.1. The first-order valence-electron chi connectivity index (χ1n) is 10.0. The number of aromatic nitrogens is 6. The van der Waals surface area contributed by atoms with Gasteiger partial charge >= 0.3 is 0 Å². The number of amides is 1. The Morgan fingerprint density at radius 3 is 2.75 bits per heavy atom. The lowest BCUT2D eigenvalue weighted by molar-refractivity contribution is 0.0934. The highest BCUT2D eigenvalue weighted by Crippen LogP contribution is 2.22. The van der Waals surface area contributed by atoms with E-state index in [1.54, 1.807) is 30.5 Å². The fraction of sp³-hybridized carbons (Fsp3) is 0.0870. The number of hydrogen-bond acceptors (Lipinski definition) is 6. The van der Waals surface area contributed by atoms with Crippen molar-refractivity contribution in [3.8, 4) is 11.6 Å². The topological polar surface area (TPSA) is 122 Å². The van der Waals surface area contributed by atoms with Crippen LogP contribution in [0.2, 0.25) is 0 Å². The molecule has 5 aromatic rings. The SMILES string of the molecule is O=C(NC(Cc1ccc(O)cc1)c1nc2ccccc2[nH]1)c1ccnc(-n2cncn2)c1. The number of imidazole rings is 1. The second-order valence-electron chi connectivity index (χ2n) is 7.28. The fourth-order valence-electron chi connectivity index (χ4n) is 3.47. The molecule has 1 unspecified atom stereocenters. The summed E-state index contributed by atoms with van der Waals surface area (Å²) >= 11 is 0. The molecule has 32 heavy (non-hydrogen) atoms. The van der Waals surface area contributed by atoms with Gasteiger partial charge in [-0.2, -0.15) is 5.10 Å². The molecule has 0 aliphatic rings. The molecule has 158 valence electrons. The van der Waals surface area contributed by atoms with E-state index in [2.05, 4.69) is 30.4 Å². The van der Waals surface area contributed by atoms with Gasteiger partial charge in [-0.3, -0.25) is 4.79 Å². The zero-order chi connectivity index (χ0) is 21.9. The minimum absolute atomic E-state index is 0.190. The smallest absolute Gasteiger partial charge is 0.252 e. The van der Waals surface area contributed by atoms with Crippen LogP contribution in [0.15, 0.2) is 79.5 Å². The van der Waals surface area contributed by atoms with Gasteiger partial charge in [0.1, 0.15) is 24.2 Å². The van der Waals surface area contributed by atoms with Gasteiger partial charge in [0.05, 0.1) is 17.1 Å². The van der Waals surface area contributed by atoms with Gasteiger partial charge in [-0.05, 0) is 48.4 Å². The van der Waals surface area contributed by atoms with Crippen LogP contribution in [-0.2, 0) is 6.42 Å². The van der Waals surface area contributed by atoms with E-state index in [0.29, 0.717) is 23.6 Å². The van der Waals surface area contributed by atoms with E-state index < -0.39 is 6.04 Å². The molecule has 2 aromatic carbocycles. The summed E-state index contributed by atoms with van der Waals surface area (Å²) in [5.41, 5.74) is 3.11. The monoisotopic (exact) mass is 425 g/mol. The van der Waals surface area contributed by atoms with Gasteiger partial charge in [0.2, 0.25) is 0 Å². The Bertz CT molecular complexity index is 1330. The lowest BCUT2D eigenvalue weighted by Crippen LogP contribution is -2.31. The minimum Gasteiger partial charge on any atom is -0.508 e. The average Bonchev–Trinajstić information content (AvgIpc) is 3.50. The first-order chi connectivity index (χ1) is 15.7. The maximum absolute atomic E-state index is 13.1. The summed E-state index contributed by atoms with van der Waals surface area (Å²) in [6.07, 6.45) is 4.98. The highest BCUT2D eigenvalue weighted by molar-refractivity contribution is 5.94. The third-order valence-electron chi connectivity index (χ3n) is 5.08. The first kappa shape index (κ1) is 19.4. The van der Waals surface area contributed by atoms with Crippen molar-refractivity contribution in [3.63, 3.8) is 0 Å². The third kappa shape index (κ3) is 4.04. The number of carbonyl (C=O) groups is 1. The van der Waals surface area contributed by atoms with Gasteiger partial charge < -0.3 is 15.4 Å². The first-order valence-corrected chi connectivity index (χ1v) is 10.0. The van der Waals surface area contributed by atoms with E-state index in [1.165, 1.54) is 17.3 Å². The van der Waals surface area contributed by atoms with Gasteiger partial charge in [0.15, 0.2) is 5.82 Å². The summed E-state index contributed by atoms with van der Waals surface area (Å²) in [6.45, 7) is 0. The van der Waals surface area contributed by atoms with Gasteiger partial charge in [-0.1, -0.05) is 24.3 Å². The van der Waals surface area contributed by atoms with Gasteiger partial charge in [0, 0.05) is 11.8 Å². The summed E-state index contributed by atoms with van der Waals surface area (Å²) in [5.74, 6) is 1.07. The van der Waals surface area contributed by atoms with Gasteiger partial charge in [0.25, 0.3) is 5.91 Å². The predicted molar refractivity (Wildman–Crippen MR) is 117 cm³/mol. The predicted octanol–water partition coefficient (Wildman–Crippen LogP) is 2.96. The number of para-hydroxylation sites is 2. The van der Waals surface area contributed by atoms with Crippen molar-refractivity contribution < 1.29 is 9.90 Å². The molecule has 5 rings (SSSR count). The summed E-state index contributed by atoms with van der Waals surface area (Å²) in [5, 5.41) is 16.7. The zero-order valence-corrected chi connectivity index (χ0v) is 16.9. The van der Waals surface area contributed by atoms with Crippen LogP contribution >= 0.6 is 0 Å². The van der Waals surface area contributed by atoms with Crippen molar-refractivity contribution >= 4 is 16.9 Å². The summed E-state index contributed by atoms with van der Waals surface area (Å²) in [7, 11) is 0. The van der Waals surface area contributed by atoms with Crippen molar-refractivity contribution in [3.05, 3.63) is 96.5 Å². The van der Waals surface area contributed by atoms with Crippen LogP contribution in [0.5, 0.6) is 5.75 Å². The van der Waals surface area contributed by atoms with E-state index >= 15 is 0 Å². The molecule has 0 fully saturated rings. The fourth-order valence-corrected chi connectivity index (χ4v) is 3.47. The van der Waals surface area contributed by atoms with E-state index in [4.69, 9.17) is 0 Å². The number of benzene rings is 2. The zero-order valence-electron chi connectivity index (χ0n) is 16.9. The Labute approximate surface area is 182 Å². The van der Waals surface area contributed by atoms with Crippen LogP contribution < -0.4 is 5.32 Å². The molecule has 3 N–H and O–H groups in total. The molecule has 0 saturated carbocycles. The largest absolute Gasteiger partial charge is 0.508 e. The molecule has 1 amide bonds. The van der Waals surface area contributed by atoms with E-state index in [-0.39, 0.29) is 11.7 Å². The van der Waals surface area contributed by atoms with Crippen LogP contribution in [-0.4, -0.2) is 40.7 Å². The normalized spacial score (nSPS) is 12.0. The quantitative estimate of drug-likeness (QED) is 0.385. The molecular formula is C23H19N7O2. The minimum atomic E-state index is -0.414. The second-order valence-corrected chi connectivity index (χ2v) is 7.28. The number of rotatable bonds is 6. The Morgan fingerprint density at radius 1 is 1.12 bits per heavy atom. The number of phenolic OH excluding ortho intramolecular Hbond substituents is 1. The molecule has 0 aliphatic carbocycles. The number of nitrogens with zero attached hydrogens (tertiary/aromatic N) is 5. The summed E-state index contributed by atoms with van der Waals surface area (Å²) < 4.78 is 1.49. The summed E-state index contributed by atoms with van der Waals surface area (Å²) in [6, 6.07) is 17.5. The molecule has 1 atom stereocenters. The molecular weight excluding hydrogens is 406 g/mol. The molecule has 9 nitrogen and oxygen atoms in total. The van der Waals surface area contributed by atoms with Crippen LogP contribution in [0.3, 0.4) is 0 Å². The third-order valence-corrected chi connectivity index (χ3v) is 5.08. The Balaban J connectivity index is 1.45. The number of nitrogens with one attached hydrogen (secondary N) is 2. The van der Waals surface area contributed by atoms with E-state index in [9.17, 15) is 9.90 Å². The molecule has 0 saturated heterocycles. The Hall–Kier alpha value is -4.53. The van der Waals surface area contributed by atoms with Crippen LogP contribution in [0, 0.1) is 0 Å². The summed E-state index contributed by atoms with van der Waals surface area (Å²) in [4.78, 5) is 29.3. The van der Waals surface area contributed by atoms with Crippen LogP contribution in [0.4, 0.5) is 0 Å². The number of carbonyl (C=O) groups excluding carboxylic acids is 1. The number of aromatic amines is 1. The number of aromatic hydroxyl groups is 1. The standard InChI is InChI=1S/C23H19N7O2/c31-17-7-5-15(6-8-17)11-20(22-27-18-3-1-2-4-19(18)28-22)29-23(32)16-9-10-25-21(12-16)30-14-24-13-26-30/h1-10,12-14,20,31H,11H2,(H,27,28)(H,29,32). The molecule has 0 spiro atoms. The second kappa shape index (κ2) is 8.31. The Kier molecular flexibility index (Phi) is 5.04. The Morgan fingerprint density at radius 2 is 1.97 bits per heavy atom. The van der Waals surface area contributed by atoms with Crippen molar-refractivity contribution in [1.29, 1.82) is 0 Å². The van der Waals surface area contributed by atoms with Crippen molar-refractivity contribution in [2.24, 2.45) is 0 Å². The lowest BCUT2D eigenvalue weighted by Gasteiger charge is -2.17. The van der Waals surface area contributed by atoms with E-state index in [1.807, 2.05) is 36.4 Å². The van der Waals surface area contributed by atoms with E-state index in [0.717, 1.165) is 16.6 Å². The molecule has 0 radical (unpaired) electrons. The molecule has 0 bridgehead atoms. The van der Waals surface area contributed by atoms with Crippen LogP contribution in [0.1, 0.15) is 27.8 Å². The molecule has 3 aromatic heterocycles. The number of hydrogen-bond donors (Lipinski definition) is 3. The molecule has 9 heteroatoms. The van der Waals surface area contributed by atoms with Crippen molar-refractivity contribution in [2.45, 2.75) is 12.5 Å². The highest BCUT2D eigenvalue weighted by Gasteiger charge is 2.20. The molecule has 0 aliphatic heterocycles. The van der Waals surface area contributed by atoms with Gasteiger partial charge in [-0.15, -0.1) is 0 Å². The average molecular weight is 425 g/mol. The number of pyridine rings is 1. The molecule has 3 heterocycles. The van der Waals surface area contributed by atoms with Crippen LogP contribution in [0.25, 0.3) is 16.9 Å². The lowest BCUT2D eigenvalue weighted by atomic mass is 10.0. The highest BCUT2D eigenvalue weighted by atomic mass is 16.3. The maximum Gasteiger partial charge on any atom is 0.252 e. The number of phenols is 1. The number of H-pyrrole nitrogens is 1. The van der Waals surface area contributed by atoms with Crippen molar-refractivity contribution in [2.75, 3.05) is 0 Å². The van der Waals surface area contributed by atoms with Crippen molar-refractivity contribution in [1.82, 2.24) is 35.0 Å². The van der Waals surface area contributed by atoms with Gasteiger partial charge in [-0.25, -0.2) is 19.6 Å².